The van der Waals surface area contributed by atoms with Crippen LogP contribution in [-0.4, -0.2) is 24.5 Å². The van der Waals surface area contributed by atoms with Crippen LogP contribution in [0.5, 0.6) is 0 Å². The molecule has 0 radical (unpaired) electrons. The topological polar surface area (TPSA) is 28.4 Å². The van der Waals surface area contributed by atoms with Crippen molar-refractivity contribution < 1.29 is 4.42 Å². The predicted molar refractivity (Wildman–Crippen MR) is 63.0 cm³/mol. The van der Waals surface area contributed by atoms with E-state index in [-0.39, 0.29) is 0 Å². The predicted octanol–water partition coefficient (Wildman–Crippen LogP) is 1.98. The van der Waals surface area contributed by atoms with Gasteiger partial charge in [-0.2, -0.15) is 0 Å². The number of hydrogen-bond acceptors (Lipinski definition) is 3. The van der Waals surface area contributed by atoms with Crippen molar-refractivity contribution >= 4 is 0 Å². The molecule has 1 aliphatic heterocycles. The van der Waals surface area contributed by atoms with Crippen molar-refractivity contribution in [2.75, 3.05) is 13.6 Å². The average Bonchev–Trinajstić information content (AvgIpc) is 2.95. The zero-order valence-corrected chi connectivity index (χ0v) is 9.91. The molecule has 2 heterocycles. The van der Waals surface area contributed by atoms with Crippen molar-refractivity contribution in [2.45, 2.75) is 38.4 Å². The molecular weight excluding hydrogens is 200 g/mol. The molecule has 2 atom stereocenters. The van der Waals surface area contributed by atoms with Crippen LogP contribution >= 0.6 is 0 Å². The van der Waals surface area contributed by atoms with E-state index in [4.69, 9.17) is 4.42 Å². The van der Waals surface area contributed by atoms with Crippen molar-refractivity contribution in [1.82, 2.24) is 10.2 Å². The zero-order chi connectivity index (χ0) is 11.0. The quantitative estimate of drug-likeness (QED) is 0.841. The number of rotatable bonds is 4. The van der Waals surface area contributed by atoms with Gasteiger partial charge in [0.2, 0.25) is 0 Å². The number of nitrogens with one attached hydrogen (secondary N) is 1. The molecule has 3 heteroatoms. The Morgan fingerprint density at radius 1 is 1.38 bits per heavy atom. The first-order valence-electron chi connectivity index (χ1n) is 6.31. The van der Waals surface area contributed by atoms with Gasteiger partial charge in [0.15, 0.2) is 0 Å². The molecule has 3 nitrogen and oxygen atoms in total. The van der Waals surface area contributed by atoms with Crippen LogP contribution in [-0.2, 0) is 13.1 Å². The van der Waals surface area contributed by atoms with Gasteiger partial charge >= 0.3 is 0 Å². The molecular formula is C13H20N2O. The maximum absolute atomic E-state index is 5.79. The summed E-state index contributed by atoms with van der Waals surface area (Å²) in [5.41, 5.74) is 0. The number of nitrogens with zero attached hydrogens (tertiary/aromatic N) is 1. The minimum Gasteiger partial charge on any atom is -0.463 e. The second kappa shape index (κ2) is 4.22. The van der Waals surface area contributed by atoms with Gasteiger partial charge in [-0.25, -0.2) is 0 Å². The van der Waals surface area contributed by atoms with Crippen LogP contribution in [0.3, 0.4) is 0 Å². The fraction of sp³-hybridized carbons (Fsp3) is 0.692. The molecule has 1 saturated carbocycles. The minimum atomic E-state index is 0.825. The van der Waals surface area contributed by atoms with E-state index in [1.165, 1.54) is 25.8 Å². The molecule has 2 bridgehead atoms. The van der Waals surface area contributed by atoms with Crippen LogP contribution in [0, 0.1) is 5.92 Å². The van der Waals surface area contributed by atoms with Gasteiger partial charge in [-0.3, -0.25) is 4.90 Å². The molecule has 2 aliphatic rings. The van der Waals surface area contributed by atoms with Crippen molar-refractivity contribution in [2.24, 2.45) is 5.92 Å². The van der Waals surface area contributed by atoms with Crippen LogP contribution < -0.4 is 5.32 Å². The molecule has 2 unspecified atom stereocenters. The summed E-state index contributed by atoms with van der Waals surface area (Å²) in [4.78, 5) is 2.59. The molecule has 1 aliphatic carbocycles. The molecule has 1 aromatic heterocycles. The Balaban J connectivity index is 1.61. The second-order valence-electron chi connectivity index (χ2n) is 5.16. The maximum Gasteiger partial charge on any atom is 0.118 e. The Bertz CT molecular complexity index is 361. The molecule has 2 fully saturated rings. The summed E-state index contributed by atoms with van der Waals surface area (Å²) in [6, 6.07) is 5.04. The van der Waals surface area contributed by atoms with Gasteiger partial charge in [0, 0.05) is 12.6 Å². The normalized spacial score (nSPS) is 29.1. The molecule has 88 valence electrons. The zero-order valence-electron chi connectivity index (χ0n) is 9.91. The minimum absolute atomic E-state index is 0.825. The number of fused-ring (bicyclic) bond motifs is 2. The lowest BCUT2D eigenvalue weighted by Gasteiger charge is -2.25. The standard InChI is InChI=1S/C13H20N2O/c1-14-7-12-4-5-13(16-12)9-15-8-10-2-3-11(15)6-10/h4-5,10-11,14H,2-3,6-9H2,1H3. The van der Waals surface area contributed by atoms with E-state index in [0.29, 0.717) is 0 Å². The highest BCUT2D eigenvalue weighted by Gasteiger charge is 2.37. The Kier molecular flexibility index (Phi) is 2.74. The summed E-state index contributed by atoms with van der Waals surface area (Å²) in [6.07, 6.45) is 4.27. The van der Waals surface area contributed by atoms with E-state index in [0.717, 1.165) is 36.6 Å². The van der Waals surface area contributed by atoms with Crippen LogP contribution in [0.15, 0.2) is 16.5 Å². The van der Waals surface area contributed by atoms with Gasteiger partial charge < -0.3 is 9.73 Å². The van der Waals surface area contributed by atoms with Gasteiger partial charge in [0.05, 0.1) is 13.1 Å². The summed E-state index contributed by atoms with van der Waals surface area (Å²) in [7, 11) is 1.95. The van der Waals surface area contributed by atoms with E-state index >= 15 is 0 Å². The SMILES string of the molecule is CNCc1ccc(CN2CC3CCC2C3)o1. The van der Waals surface area contributed by atoms with Crippen LogP contribution in [0.1, 0.15) is 30.8 Å². The highest BCUT2D eigenvalue weighted by Crippen LogP contribution is 2.38. The molecule has 0 spiro atoms. The summed E-state index contributed by atoms with van der Waals surface area (Å²) in [5, 5.41) is 3.11. The Morgan fingerprint density at radius 3 is 2.94 bits per heavy atom. The van der Waals surface area contributed by atoms with Crippen molar-refractivity contribution in [3.05, 3.63) is 23.7 Å². The molecule has 1 saturated heterocycles. The van der Waals surface area contributed by atoms with E-state index in [9.17, 15) is 0 Å². The maximum atomic E-state index is 5.79. The lowest BCUT2D eigenvalue weighted by molar-refractivity contribution is 0.189. The third kappa shape index (κ3) is 1.89. The first-order valence-corrected chi connectivity index (χ1v) is 6.31. The molecule has 3 rings (SSSR count). The third-order valence-electron chi connectivity index (χ3n) is 3.95. The average molecular weight is 220 g/mol. The molecule has 16 heavy (non-hydrogen) atoms. The van der Waals surface area contributed by atoms with Crippen molar-refractivity contribution in [3.8, 4) is 0 Å². The van der Waals surface area contributed by atoms with Crippen LogP contribution in [0.25, 0.3) is 0 Å². The summed E-state index contributed by atoms with van der Waals surface area (Å²) >= 11 is 0. The summed E-state index contributed by atoms with van der Waals surface area (Å²) in [6.45, 7) is 3.11. The lowest BCUT2D eigenvalue weighted by atomic mass is 10.1. The number of likely N-dealkylation sites (tertiary alicyclic amines) is 1. The van der Waals surface area contributed by atoms with Crippen LogP contribution in [0.4, 0.5) is 0 Å². The Hall–Kier alpha value is -0.800. The van der Waals surface area contributed by atoms with E-state index < -0.39 is 0 Å². The van der Waals surface area contributed by atoms with Gasteiger partial charge in [0.1, 0.15) is 11.5 Å². The molecule has 1 aromatic rings. The third-order valence-corrected chi connectivity index (χ3v) is 3.95. The lowest BCUT2D eigenvalue weighted by Crippen LogP contribution is -2.31. The van der Waals surface area contributed by atoms with Gasteiger partial charge in [0.25, 0.3) is 0 Å². The smallest absolute Gasteiger partial charge is 0.118 e. The highest BCUT2D eigenvalue weighted by molar-refractivity contribution is 5.08. The van der Waals surface area contributed by atoms with Crippen molar-refractivity contribution in [3.63, 3.8) is 0 Å². The van der Waals surface area contributed by atoms with E-state index in [1.54, 1.807) is 0 Å². The fourth-order valence-corrected chi connectivity index (χ4v) is 3.20. The van der Waals surface area contributed by atoms with Gasteiger partial charge in [-0.15, -0.1) is 0 Å². The molecule has 0 aromatic carbocycles. The van der Waals surface area contributed by atoms with E-state index in [2.05, 4.69) is 22.3 Å². The largest absolute Gasteiger partial charge is 0.463 e. The summed E-state index contributed by atoms with van der Waals surface area (Å²) < 4.78 is 5.79. The monoisotopic (exact) mass is 220 g/mol. The number of piperidine rings is 1. The first-order chi connectivity index (χ1) is 7.85. The van der Waals surface area contributed by atoms with Gasteiger partial charge in [-0.1, -0.05) is 0 Å². The number of hydrogen-bond donors (Lipinski definition) is 1. The second-order valence-corrected chi connectivity index (χ2v) is 5.16. The summed E-state index contributed by atoms with van der Waals surface area (Å²) in [5.74, 6) is 3.14. The fourth-order valence-electron chi connectivity index (χ4n) is 3.20. The van der Waals surface area contributed by atoms with Crippen molar-refractivity contribution in [1.29, 1.82) is 0 Å². The number of furan rings is 1. The highest BCUT2D eigenvalue weighted by atomic mass is 16.3. The Labute approximate surface area is 96.8 Å². The van der Waals surface area contributed by atoms with Crippen LogP contribution in [0.2, 0.25) is 0 Å². The Morgan fingerprint density at radius 2 is 2.25 bits per heavy atom. The first kappa shape index (κ1) is 10.4. The molecule has 1 N–H and O–H groups in total. The van der Waals surface area contributed by atoms with E-state index in [1.807, 2.05) is 7.05 Å². The van der Waals surface area contributed by atoms with Gasteiger partial charge in [-0.05, 0) is 44.4 Å². The molecule has 0 amide bonds.